The van der Waals surface area contributed by atoms with Crippen LogP contribution in [-0.4, -0.2) is 48.9 Å². The lowest BCUT2D eigenvalue weighted by molar-refractivity contribution is -0.758. The molecule has 21 heavy (non-hydrogen) atoms. The summed E-state index contributed by atoms with van der Waals surface area (Å²) in [6.45, 7) is 4.03. The number of carboxylic acids is 1. The van der Waals surface area contributed by atoms with E-state index in [1.54, 1.807) is 0 Å². The maximum atomic E-state index is 10.3. The van der Waals surface area contributed by atoms with Gasteiger partial charge in [0.15, 0.2) is 0 Å². The van der Waals surface area contributed by atoms with Crippen molar-refractivity contribution in [3.05, 3.63) is 10.1 Å². The zero-order valence-corrected chi connectivity index (χ0v) is 12.3. The van der Waals surface area contributed by atoms with Gasteiger partial charge in [-0.2, -0.15) is 0 Å². The second kappa shape index (κ2) is 10.3. The van der Waals surface area contributed by atoms with Crippen LogP contribution in [0.4, 0.5) is 0 Å². The summed E-state index contributed by atoms with van der Waals surface area (Å²) in [7, 11) is 0. The number of piperidine rings is 2. The number of hydrogen-bond acceptors (Lipinski definition) is 6. The van der Waals surface area contributed by atoms with Crippen molar-refractivity contribution in [3.63, 3.8) is 0 Å². The van der Waals surface area contributed by atoms with Gasteiger partial charge in [0.25, 0.3) is 5.09 Å². The van der Waals surface area contributed by atoms with Crippen molar-refractivity contribution in [2.45, 2.75) is 32.1 Å². The minimum atomic E-state index is -0.721. The topological polar surface area (TPSA) is 114 Å². The van der Waals surface area contributed by atoms with Crippen molar-refractivity contribution < 1.29 is 19.8 Å². The lowest BCUT2D eigenvalue weighted by Crippen LogP contribution is -2.31. The van der Waals surface area contributed by atoms with E-state index in [0.717, 1.165) is 58.3 Å². The number of carboxylic acid groups (broad SMARTS) is 1. The molecule has 0 atom stereocenters. The van der Waals surface area contributed by atoms with E-state index < -0.39 is 11.1 Å². The summed E-state index contributed by atoms with van der Waals surface area (Å²) in [4.78, 5) is 24.4. The normalized spacial score (nSPS) is 20.2. The van der Waals surface area contributed by atoms with Gasteiger partial charge in [-0.1, -0.05) is 0 Å². The van der Waals surface area contributed by atoms with E-state index in [-0.39, 0.29) is 12.5 Å². The van der Waals surface area contributed by atoms with Crippen LogP contribution < -0.4 is 10.6 Å². The Morgan fingerprint density at radius 2 is 1.67 bits per heavy atom. The third-order valence-electron chi connectivity index (χ3n) is 3.87. The highest BCUT2D eigenvalue weighted by atomic mass is 16.9. The van der Waals surface area contributed by atoms with Crippen molar-refractivity contribution in [3.8, 4) is 0 Å². The summed E-state index contributed by atoms with van der Waals surface area (Å²) in [6, 6.07) is 0. The van der Waals surface area contributed by atoms with E-state index in [0.29, 0.717) is 5.92 Å². The fourth-order valence-corrected chi connectivity index (χ4v) is 2.53. The van der Waals surface area contributed by atoms with Crippen LogP contribution in [0.5, 0.6) is 0 Å². The van der Waals surface area contributed by atoms with Gasteiger partial charge in [-0.3, -0.25) is 4.79 Å². The van der Waals surface area contributed by atoms with Gasteiger partial charge in [-0.05, 0) is 64.2 Å². The Morgan fingerprint density at radius 3 is 2.10 bits per heavy atom. The molecule has 122 valence electrons. The minimum Gasteiger partial charge on any atom is -0.481 e. The molecule has 0 saturated carbocycles. The van der Waals surface area contributed by atoms with Crippen LogP contribution in [0.2, 0.25) is 0 Å². The van der Waals surface area contributed by atoms with E-state index in [9.17, 15) is 14.9 Å². The molecule has 2 fully saturated rings. The molecule has 2 aliphatic rings. The number of aliphatic carboxylic acids is 1. The standard InChI is InChI=1S/C7H14N2O3.C6H11NO2/c10-9(11)12-6-3-7-1-4-8-5-2-7;8-6(9)5-1-3-7-4-2-5/h7-8H,1-6H2;5,7H,1-4H2,(H,8,9). The van der Waals surface area contributed by atoms with Gasteiger partial charge in [0.2, 0.25) is 0 Å². The third kappa shape index (κ3) is 8.46. The van der Waals surface area contributed by atoms with Crippen molar-refractivity contribution in [2.75, 3.05) is 32.8 Å². The Balaban J connectivity index is 0.000000219. The first-order chi connectivity index (χ1) is 10.1. The molecule has 0 radical (unpaired) electrons. The first-order valence-electron chi connectivity index (χ1n) is 7.51. The maximum Gasteiger partial charge on any atom is 0.306 e. The average Bonchev–Trinajstić information content (AvgIpc) is 2.49. The summed E-state index contributed by atoms with van der Waals surface area (Å²) >= 11 is 0. The van der Waals surface area contributed by atoms with Crippen LogP contribution in [-0.2, 0) is 9.63 Å². The van der Waals surface area contributed by atoms with Gasteiger partial charge in [0.1, 0.15) is 0 Å². The van der Waals surface area contributed by atoms with Gasteiger partial charge in [0, 0.05) is 0 Å². The van der Waals surface area contributed by atoms with Crippen LogP contribution >= 0.6 is 0 Å². The third-order valence-corrected chi connectivity index (χ3v) is 3.87. The quantitative estimate of drug-likeness (QED) is 0.505. The number of hydrogen-bond donors (Lipinski definition) is 3. The largest absolute Gasteiger partial charge is 0.481 e. The molecule has 2 rings (SSSR count). The predicted octanol–water partition coefficient (Wildman–Crippen LogP) is 0.655. The lowest BCUT2D eigenvalue weighted by Gasteiger charge is -2.21. The highest BCUT2D eigenvalue weighted by molar-refractivity contribution is 5.70. The molecule has 0 bridgehead atoms. The molecule has 2 aliphatic heterocycles. The SMILES string of the molecule is O=C(O)C1CCNCC1.O=[N+]([O-])OCCC1CCNCC1. The molecule has 0 aliphatic carbocycles. The summed E-state index contributed by atoms with van der Waals surface area (Å²) in [5, 5.41) is 23.9. The minimum absolute atomic E-state index is 0.0914. The fourth-order valence-electron chi connectivity index (χ4n) is 2.53. The van der Waals surface area contributed by atoms with Crippen molar-refractivity contribution >= 4 is 5.97 Å². The molecule has 0 amide bonds. The van der Waals surface area contributed by atoms with Crippen molar-refractivity contribution in [1.29, 1.82) is 0 Å². The molecule has 8 nitrogen and oxygen atoms in total. The Hall–Kier alpha value is -1.41. The van der Waals surface area contributed by atoms with Gasteiger partial charge < -0.3 is 20.6 Å². The molecule has 0 spiro atoms. The fraction of sp³-hybridized carbons (Fsp3) is 0.923. The summed E-state index contributed by atoms with van der Waals surface area (Å²) in [6.07, 6.45) is 4.61. The summed E-state index contributed by atoms with van der Waals surface area (Å²) < 4.78 is 0. The monoisotopic (exact) mass is 303 g/mol. The molecule has 0 aromatic heterocycles. The smallest absolute Gasteiger partial charge is 0.306 e. The molecule has 8 heteroatoms. The number of nitrogens with one attached hydrogen (secondary N) is 2. The first kappa shape index (κ1) is 17.6. The highest BCUT2D eigenvalue weighted by Crippen LogP contribution is 2.15. The molecule has 2 heterocycles. The number of carbonyl (C=O) groups is 1. The predicted molar refractivity (Wildman–Crippen MR) is 76.4 cm³/mol. The molecule has 0 unspecified atom stereocenters. The Bertz CT molecular complexity index is 315. The number of nitrogens with zero attached hydrogens (tertiary/aromatic N) is 1. The van der Waals surface area contributed by atoms with E-state index >= 15 is 0 Å². The maximum absolute atomic E-state index is 10.3. The van der Waals surface area contributed by atoms with E-state index in [4.69, 9.17) is 5.11 Å². The van der Waals surface area contributed by atoms with Gasteiger partial charge in [0.05, 0.1) is 12.5 Å². The lowest BCUT2D eigenvalue weighted by atomic mass is 9.95. The molecule has 0 aromatic rings. The van der Waals surface area contributed by atoms with Crippen molar-refractivity contribution in [1.82, 2.24) is 10.6 Å². The van der Waals surface area contributed by atoms with Gasteiger partial charge in [-0.15, -0.1) is 10.1 Å². The van der Waals surface area contributed by atoms with Crippen LogP contribution in [0.1, 0.15) is 32.1 Å². The molecule has 0 aromatic carbocycles. The Labute approximate surface area is 124 Å². The second-order valence-electron chi connectivity index (χ2n) is 5.40. The van der Waals surface area contributed by atoms with Crippen LogP contribution in [0.25, 0.3) is 0 Å². The van der Waals surface area contributed by atoms with E-state index in [1.807, 2.05) is 0 Å². The molecule has 2 saturated heterocycles. The molecular weight excluding hydrogens is 278 g/mol. The molecule has 3 N–H and O–H groups in total. The summed E-state index contributed by atoms with van der Waals surface area (Å²) in [5.74, 6) is -0.131. The van der Waals surface area contributed by atoms with Gasteiger partial charge >= 0.3 is 5.97 Å². The Kier molecular flexibility index (Phi) is 8.68. The van der Waals surface area contributed by atoms with Crippen molar-refractivity contribution in [2.24, 2.45) is 11.8 Å². The van der Waals surface area contributed by atoms with Crippen LogP contribution in [0, 0.1) is 22.0 Å². The van der Waals surface area contributed by atoms with Crippen LogP contribution in [0.15, 0.2) is 0 Å². The van der Waals surface area contributed by atoms with Gasteiger partial charge in [-0.25, -0.2) is 0 Å². The van der Waals surface area contributed by atoms with Crippen LogP contribution in [0.3, 0.4) is 0 Å². The van der Waals surface area contributed by atoms with E-state index in [1.165, 1.54) is 0 Å². The molecular formula is C13H25N3O5. The zero-order valence-electron chi connectivity index (χ0n) is 12.3. The first-order valence-corrected chi connectivity index (χ1v) is 7.51. The van der Waals surface area contributed by atoms with E-state index in [2.05, 4.69) is 15.5 Å². The highest BCUT2D eigenvalue weighted by Gasteiger charge is 2.19. The number of rotatable bonds is 5. The Morgan fingerprint density at radius 1 is 1.14 bits per heavy atom. The zero-order chi connectivity index (χ0) is 15.5. The average molecular weight is 303 g/mol. The summed E-state index contributed by atoms with van der Waals surface area (Å²) in [5.41, 5.74) is 0. The second-order valence-corrected chi connectivity index (χ2v) is 5.40.